The van der Waals surface area contributed by atoms with Gasteiger partial charge in [-0.3, -0.25) is 19.2 Å². The summed E-state index contributed by atoms with van der Waals surface area (Å²) in [5, 5.41) is 10.7. The molecule has 1 rings (SSSR count). The second-order valence-corrected chi connectivity index (χ2v) is 12.8. The number of hydrogen-bond donors (Lipinski definition) is 5. The fourth-order valence-electron chi connectivity index (χ4n) is 3.65. The van der Waals surface area contributed by atoms with Crippen molar-refractivity contribution in [1.82, 2.24) is 16.0 Å². The SMILES string of the molecule is CC(C)[C@H](NC(=O)COCCOC(C)(C)C)C(=O)N[C@@H](CCCNC(N)=O)C(=O)Nc1ccc(COC(=O)C(C)(C)C)cc1. The average Bonchev–Trinajstić information content (AvgIpc) is 2.90. The lowest BCUT2D eigenvalue weighted by Gasteiger charge is -2.25. The number of benzene rings is 1. The number of nitrogens with one attached hydrogen (secondary N) is 4. The Morgan fingerprint density at radius 1 is 0.886 bits per heavy atom. The monoisotopic (exact) mass is 621 g/mol. The smallest absolute Gasteiger partial charge is 0.312 e. The Hall–Kier alpha value is -3.71. The van der Waals surface area contributed by atoms with Gasteiger partial charge in [0.25, 0.3) is 0 Å². The molecule has 0 spiro atoms. The van der Waals surface area contributed by atoms with E-state index in [-0.39, 0.29) is 50.3 Å². The van der Waals surface area contributed by atoms with Crippen molar-refractivity contribution in [3.05, 3.63) is 29.8 Å². The van der Waals surface area contributed by atoms with Gasteiger partial charge in [-0.25, -0.2) is 4.79 Å². The Bertz CT molecular complexity index is 1090. The van der Waals surface area contributed by atoms with Crippen molar-refractivity contribution in [2.45, 2.75) is 92.5 Å². The zero-order valence-corrected chi connectivity index (χ0v) is 27.3. The number of primary amides is 1. The van der Waals surface area contributed by atoms with E-state index in [1.165, 1.54) is 0 Å². The van der Waals surface area contributed by atoms with E-state index in [2.05, 4.69) is 21.3 Å². The highest BCUT2D eigenvalue weighted by atomic mass is 16.5. The molecule has 5 amide bonds. The number of carbonyl (C=O) groups excluding carboxylic acids is 5. The van der Waals surface area contributed by atoms with Crippen LogP contribution in [0.25, 0.3) is 0 Å². The molecule has 2 atom stereocenters. The van der Waals surface area contributed by atoms with Crippen molar-refractivity contribution in [2.75, 3.05) is 31.7 Å². The minimum atomic E-state index is -0.978. The molecule has 13 nitrogen and oxygen atoms in total. The third-order valence-corrected chi connectivity index (χ3v) is 6.07. The number of nitrogens with two attached hydrogens (primary N) is 1. The van der Waals surface area contributed by atoms with E-state index in [1.54, 1.807) is 58.9 Å². The maximum Gasteiger partial charge on any atom is 0.312 e. The predicted octanol–water partition coefficient (Wildman–Crippen LogP) is 2.62. The van der Waals surface area contributed by atoms with Gasteiger partial charge in [0.2, 0.25) is 17.7 Å². The lowest BCUT2D eigenvalue weighted by molar-refractivity contribution is -0.154. The number of carbonyl (C=O) groups is 5. The molecule has 0 aliphatic heterocycles. The summed E-state index contributed by atoms with van der Waals surface area (Å²) in [5.74, 6) is -2.12. The van der Waals surface area contributed by atoms with E-state index >= 15 is 0 Å². The van der Waals surface area contributed by atoms with E-state index in [4.69, 9.17) is 19.9 Å². The molecule has 0 aliphatic carbocycles. The van der Waals surface area contributed by atoms with Crippen LogP contribution in [0.4, 0.5) is 10.5 Å². The highest BCUT2D eigenvalue weighted by Gasteiger charge is 2.29. The van der Waals surface area contributed by atoms with Crippen LogP contribution < -0.4 is 27.0 Å². The fourth-order valence-corrected chi connectivity index (χ4v) is 3.65. The van der Waals surface area contributed by atoms with Crippen LogP contribution in [0.15, 0.2) is 24.3 Å². The second kappa shape index (κ2) is 18.2. The molecule has 0 fully saturated rings. The van der Waals surface area contributed by atoms with Gasteiger partial charge in [-0.2, -0.15) is 0 Å². The Labute approximate surface area is 260 Å². The van der Waals surface area contributed by atoms with Crippen LogP contribution in [-0.4, -0.2) is 73.8 Å². The highest BCUT2D eigenvalue weighted by Crippen LogP contribution is 2.18. The number of hydrogen-bond acceptors (Lipinski definition) is 8. The van der Waals surface area contributed by atoms with Gasteiger partial charge in [-0.15, -0.1) is 0 Å². The number of rotatable bonds is 17. The molecule has 13 heteroatoms. The standard InChI is InChI=1S/C31H51N5O8/c1-20(2)25(36-24(37)19-42-16-17-44-31(6,7)8)27(39)35-23(10-9-15-33-29(32)41)26(38)34-22-13-11-21(12-14-22)18-43-28(40)30(3,4)5/h11-14,20,23,25H,9-10,15-19H2,1-8H3,(H,34,38)(H,35,39)(H,36,37)(H3,32,33,41)/t23-,25-/m0/s1. The normalized spacial score (nSPS) is 13.0. The molecule has 1 aromatic rings. The molecule has 248 valence electrons. The zero-order valence-electron chi connectivity index (χ0n) is 27.3. The van der Waals surface area contributed by atoms with Crippen molar-refractivity contribution in [1.29, 1.82) is 0 Å². The van der Waals surface area contributed by atoms with Gasteiger partial charge in [-0.1, -0.05) is 26.0 Å². The van der Waals surface area contributed by atoms with Gasteiger partial charge in [0, 0.05) is 12.2 Å². The molecule has 0 heterocycles. The summed E-state index contributed by atoms with van der Waals surface area (Å²) < 4.78 is 16.3. The minimum absolute atomic E-state index is 0.0912. The van der Waals surface area contributed by atoms with E-state index in [0.717, 1.165) is 5.56 Å². The van der Waals surface area contributed by atoms with Crippen molar-refractivity contribution in [3.8, 4) is 0 Å². The topological polar surface area (TPSA) is 187 Å². The lowest BCUT2D eigenvalue weighted by atomic mass is 9.97. The van der Waals surface area contributed by atoms with Gasteiger partial charge in [0.15, 0.2) is 0 Å². The maximum absolute atomic E-state index is 13.3. The van der Waals surface area contributed by atoms with Crippen molar-refractivity contribution in [3.63, 3.8) is 0 Å². The van der Waals surface area contributed by atoms with Crippen LogP contribution in [0.3, 0.4) is 0 Å². The first-order valence-corrected chi connectivity index (χ1v) is 14.8. The molecule has 6 N–H and O–H groups in total. The molecule has 0 unspecified atom stereocenters. The largest absolute Gasteiger partial charge is 0.460 e. The lowest BCUT2D eigenvalue weighted by Crippen LogP contribution is -2.55. The van der Waals surface area contributed by atoms with Gasteiger partial charge < -0.3 is 41.2 Å². The summed E-state index contributed by atoms with van der Waals surface area (Å²) in [7, 11) is 0. The molecular weight excluding hydrogens is 570 g/mol. The van der Waals surface area contributed by atoms with Gasteiger partial charge >= 0.3 is 12.0 Å². The zero-order chi connectivity index (χ0) is 33.5. The van der Waals surface area contributed by atoms with Crippen LogP contribution in [0.5, 0.6) is 0 Å². The molecular formula is C31H51N5O8. The van der Waals surface area contributed by atoms with E-state index in [0.29, 0.717) is 18.7 Å². The molecule has 0 saturated carbocycles. The Kier molecular flexibility index (Phi) is 15.8. The number of amides is 5. The number of ether oxygens (including phenoxy) is 3. The van der Waals surface area contributed by atoms with Crippen LogP contribution in [0.2, 0.25) is 0 Å². The molecule has 44 heavy (non-hydrogen) atoms. The van der Waals surface area contributed by atoms with Crippen LogP contribution >= 0.6 is 0 Å². The molecule has 1 aromatic carbocycles. The maximum atomic E-state index is 13.3. The highest BCUT2D eigenvalue weighted by molar-refractivity contribution is 5.98. The van der Waals surface area contributed by atoms with Gasteiger partial charge in [-0.05, 0) is 78.0 Å². The second-order valence-electron chi connectivity index (χ2n) is 12.8. The summed E-state index contributed by atoms with van der Waals surface area (Å²) in [5.41, 5.74) is 5.40. The summed E-state index contributed by atoms with van der Waals surface area (Å²) in [6.45, 7) is 15.2. The Morgan fingerprint density at radius 3 is 2.07 bits per heavy atom. The molecule has 0 radical (unpaired) electrons. The number of esters is 1. The molecule has 0 bridgehead atoms. The van der Waals surface area contributed by atoms with E-state index < -0.39 is 41.3 Å². The Morgan fingerprint density at radius 2 is 1.52 bits per heavy atom. The van der Waals surface area contributed by atoms with Crippen LogP contribution in [0, 0.1) is 11.3 Å². The Balaban J connectivity index is 2.84. The average molecular weight is 622 g/mol. The molecule has 0 aromatic heterocycles. The summed E-state index contributed by atoms with van der Waals surface area (Å²) >= 11 is 0. The minimum Gasteiger partial charge on any atom is -0.460 e. The predicted molar refractivity (Wildman–Crippen MR) is 166 cm³/mol. The van der Waals surface area contributed by atoms with E-state index in [9.17, 15) is 24.0 Å². The van der Waals surface area contributed by atoms with Crippen LogP contribution in [-0.2, 0) is 40.0 Å². The fraction of sp³-hybridized carbons (Fsp3) is 0.645. The molecule has 0 aliphatic rings. The quantitative estimate of drug-likeness (QED) is 0.130. The number of urea groups is 1. The third kappa shape index (κ3) is 16.2. The van der Waals surface area contributed by atoms with E-state index in [1.807, 2.05) is 20.8 Å². The first kappa shape index (κ1) is 38.3. The van der Waals surface area contributed by atoms with Gasteiger partial charge in [0.05, 0.1) is 24.2 Å². The first-order chi connectivity index (χ1) is 20.4. The summed E-state index contributed by atoms with van der Waals surface area (Å²) in [6.07, 6.45) is 0.539. The summed E-state index contributed by atoms with van der Waals surface area (Å²) in [4.78, 5) is 62.1. The van der Waals surface area contributed by atoms with Gasteiger partial charge in [0.1, 0.15) is 25.3 Å². The third-order valence-electron chi connectivity index (χ3n) is 6.07. The molecule has 0 saturated heterocycles. The summed E-state index contributed by atoms with van der Waals surface area (Å²) in [6, 6.07) is 4.16. The first-order valence-electron chi connectivity index (χ1n) is 14.8. The van der Waals surface area contributed by atoms with Crippen molar-refractivity contribution < 1.29 is 38.2 Å². The van der Waals surface area contributed by atoms with Crippen molar-refractivity contribution in [2.24, 2.45) is 17.1 Å². The van der Waals surface area contributed by atoms with Crippen molar-refractivity contribution >= 4 is 35.4 Å². The number of anilines is 1. The van der Waals surface area contributed by atoms with Crippen LogP contribution in [0.1, 0.15) is 73.8 Å².